The lowest BCUT2D eigenvalue weighted by Crippen LogP contribution is -2.21. The number of rotatable bonds is 7. The average molecular weight is 323 g/mol. The van der Waals surface area contributed by atoms with Gasteiger partial charge in [0.15, 0.2) is 5.78 Å². The molecule has 0 N–H and O–H groups in total. The Bertz CT molecular complexity index is 682. The summed E-state index contributed by atoms with van der Waals surface area (Å²) in [5.74, 6) is 0.665. The minimum atomic E-state index is 0.185. The molecule has 0 radical (unpaired) electrons. The first-order valence-corrected chi connectivity index (χ1v) is 8.94. The molecule has 2 nitrogen and oxygen atoms in total. The molecular weight excluding hydrogens is 294 g/mol. The van der Waals surface area contributed by atoms with Crippen molar-refractivity contribution in [2.45, 2.75) is 47.0 Å². The van der Waals surface area contributed by atoms with E-state index >= 15 is 0 Å². The van der Waals surface area contributed by atoms with E-state index in [-0.39, 0.29) is 5.78 Å². The highest BCUT2D eigenvalue weighted by Gasteiger charge is 2.12. The smallest absolute Gasteiger partial charge is 0.167 e. The predicted octanol–water partition coefficient (Wildman–Crippen LogP) is 5.39. The van der Waals surface area contributed by atoms with E-state index < -0.39 is 0 Å². The van der Waals surface area contributed by atoms with Gasteiger partial charge < -0.3 is 4.90 Å². The maximum atomic E-state index is 12.7. The lowest BCUT2D eigenvalue weighted by Gasteiger charge is -2.21. The Kier molecular flexibility index (Phi) is 6.19. The summed E-state index contributed by atoms with van der Waals surface area (Å²) < 4.78 is 0. The maximum absolute atomic E-state index is 12.7. The number of hydrogen-bond donors (Lipinski definition) is 0. The number of ketones is 1. The van der Waals surface area contributed by atoms with E-state index in [1.807, 2.05) is 12.1 Å². The van der Waals surface area contributed by atoms with Crippen molar-refractivity contribution in [3.05, 3.63) is 64.7 Å². The molecule has 2 rings (SSSR count). The van der Waals surface area contributed by atoms with Crippen LogP contribution in [0, 0.1) is 6.92 Å². The lowest BCUT2D eigenvalue weighted by molar-refractivity contribution is 0.0993. The van der Waals surface area contributed by atoms with Gasteiger partial charge in [-0.2, -0.15) is 0 Å². The highest BCUT2D eigenvalue weighted by atomic mass is 16.1. The van der Waals surface area contributed by atoms with Gasteiger partial charge in [0.05, 0.1) is 0 Å². The lowest BCUT2D eigenvalue weighted by atomic mass is 9.91. The summed E-state index contributed by atoms with van der Waals surface area (Å²) in [6.45, 7) is 12.8. The van der Waals surface area contributed by atoms with Crippen molar-refractivity contribution in [2.75, 3.05) is 18.0 Å². The van der Waals surface area contributed by atoms with Crippen LogP contribution in [-0.2, 0) is 6.42 Å². The van der Waals surface area contributed by atoms with Crippen LogP contribution in [0.3, 0.4) is 0 Å². The SMILES string of the molecule is CCN(CC)c1ccc(C(=O)Cc2cccc(C(C)C)c2C)cc1. The van der Waals surface area contributed by atoms with E-state index in [1.54, 1.807) is 0 Å². The van der Waals surface area contributed by atoms with Gasteiger partial charge in [0, 0.05) is 30.8 Å². The van der Waals surface area contributed by atoms with Crippen LogP contribution >= 0.6 is 0 Å². The molecule has 0 saturated carbocycles. The Morgan fingerprint density at radius 1 is 1.00 bits per heavy atom. The van der Waals surface area contributed by atoms with Gasteiger partial charge in [-0.05, 0) is 67.6 Å². The van der Waals surface area contributed by atoms with Crippen LogP contribution in [0.4, 0.5) is 5.69 Å². The van der Waals surface area contributed by atoms with Gasteiger partial charge in [0.1, 0.15) is 0 Å². The number of nitrogens with zero attached hydrogens (tertiary/aromatic N) is 1. The van der Waals surface area contributed by atoms with Gasteiger partial charge in [-0.25, -0.2) is 0 Å². The number of anilines is 1. The number of Topliss-reactive ketones (excluding diaryl/α,β-unsaturated/α-hetero) is 1. The zero-order valence-corrected chi connectivity index (χ0v) is 15.6. The third kappa shape index (κ3) is 4.05. The fourth-order valence-corrected chi connectivity index (χ4v) is 3.24. The molecule has 0 heterocycles. The summed E-state index contributed by atoms with van der Waals surface area (Å²) in [5.41, 5.74) is 5.69. The van der Waals surface area contributed by atoms with E-state index in [9.17, 15) is 4.79 Å². The molecule has 2 heteroatoms. The highest BCUT2D eigenvalue weighted by molar-refractivity contribution is 5.98. The number of carbonyl (C=O) groups is 1. The topological polar surface area (TPSA) is 20.3 Å². The van der Waals surface area contributed by atoms with Crippen LogP contribution in [0.1, 0.15) is 60.7 Å². The van der Waals surface area contributed by atoms with Gasteiger partial charge in [0.2, 0.25) is 0 Å². The van der Waals surface area contributed by atoms with Crippen LogP contribution in [0.25, 0.3) is 0 Å². The molecule has 0 aliphatic rings. The number of hydrogen-bond acceptors (Lipinski definition) is 2. The van der Waals surface area contributed by atoms with E-state index in [4.69, 9.17) is 0 Å². The van der Waals surface area contributed by atoms with Crippen molar-refractivity contribution in [3.63, 3.8) is 0 Å². The summed E-state index contributed by atoms with van der Waals surface area (Å²) in [7, 11) is 0. The molecule has 128 valence electrons. The fourth-order valence-electron chi connectivity index (χ4n) is 3.24. The van der Waals surface area contributed by atoms with Gasteiger partial charge in [-0.1, -0.05) is 32.0 Å². The Morgan fingerprint density at radius 3 is 2.17 bits per heavy atom. The molecule has 0 saturated heterocycles. The molecule has 24 heavy (non-hydrogen) atoms. The largest absolute Gasteiger partial charge is 0.372 e. The van der Waals surface area contributed by atoms with Crippen LogP contribution in [0.5, 0.6) is 0 Å². The van der Waals surface area contributed by atoms with Crippen molar-refractivity contribution < 1.29 is 4.79 Å². The van der Waals surface area contributed by atoms with Crippen molar-refractivity contribution in [1.29, 1.82) is 0 Å². The molecule has 0 aliphatic heterocycles. The molecule has 0 aromatic heterocycles. The second kappa shape index (κ2) is 8.14. The van der Waals surface area contributed by atoms with Gasteiger partial charge in [-0.3, -0.25) is 4.79 Å². The standard InChI is InChI=1S/C22H29NO/c1-6-23(7-2)20-13-11-18(12-14-20)22(24)15-19-9-8-10-21(16(3)4)17(19)5/h8-14,16H,6-7,15H2,1-5H3. The molecule has 2 aromatic carbocycles. The second-order valence-electron chi connectivity index (χ2n) is 6.61. The second-order valence-corrected chi connectivity index (χ2v) is 6.61. The first-order valence-electron chi connectivity index (χ1n) is 8.94. The average Bonchev–Trinajstić information content (AvgIpc) is 2.58. The number of carbonyl (C=O) groups excluding carboxylic acids is 1. The van der Waals surface area contributed by atoms with Crippen LogP contribution in [0.15, 0.2) is 42.5 Å². The molecule has 0 aliphatic carbocycles. The maximum Gasteiger partial charge on any atom is 0.167 e. The minimum absolute atomic E-state index is 0.185. The summed E-state index contributed by atoms with van der Waals surface area (Å²) in [6, 6.07) is 14.3. The van der Waals surface area contributed by atoms with Crippen LogP contribution in [-0.4, -0.2) is 18.9 Å². The Hall–Kier alpha value is -2.09. The van der Waals surface area contributed by atoms with Crippen molar-refractivity contribution in [3.8, 4) is 0 Å². The summed E-state index contributed by atoms with van der Waals surface area (Å²) in [4.78, 5) is 14.9. The van der Waals surface area contributed by atoms with Crippen LogP contribution in [0.2, 0.25) is 0 Å². The molecule has 0 spiro atoms. The van der Waals surface area contributed by atoms with E-state index in [1.165, 1.54) is 16.8 Å². The van der Waals surface area contributed by atoms with Crippen molar-refractivity contribution >= 4 is 11.5 Å². The summed E-state index contributed by atoms with van der Waals surface area (Å²) >= 11 is 0. The zero-order chi connectivity index (χ0) is 17.7. The van der Waals surface area contributed by atoms with E-state index in [0.29, 0.717) is 12.3 Å². The molecular formula is C22H29NO. The van der Waals surface area contributed by atoms with Crippen molar-refractivity contribution in [1.82, 2.24) is 0 Å². The third-order valence-corrected chi connectivity index (χ3v) is 4.78. The Labute approximate surface area is 146 Å². The molecule has 0 unspecified atom stereocenters. The molecule has 2 aromatic rings. The molecule has 0 fully saturated rings. The molecule has 0 bridgehead atoms. The van der Waals surface area contributed by atoms with Crippen molar-refractivity contribution in [2.24, 2.45) is 0 Å². The molecule has 0 atom stereocenters. The third-order valence-electron chi connectivity index (χ3n) is 4.78. The van der Waals surface area contributed by atoms with E-state index in [2.05, 4.69) is 69.9 Å². The monoisotopic (exact) mass is 323 g/mol. The fraction of sp³-hybridized carbons (Fsp3) is 0.409. The van der Waals surface area contributed by atoms with Crippen LogP contribution < -0.4 is 4.90 Å². The van der Waals surface area contributed by atoms with E-state index in [0.717, 1.165) is 24.2 Å². The zero-order valence-electron chi connectivity index (χ0n) is 15.6. The Morgan fingerprint density at radius 2 is 1.62 bits per heavy atom. The van der Waals surface area contributed by atoms with Gasteiger partial charge in [-0.15, -0.1) is 0 Å². The highest BCUT2D eigenvalue weighted by Crippen LogP contribution is 2.23. The summed E-state index contributed by atoms with van der Waals surface area (Å²) in [5, 5.41) is 0. The minimum Gasteiger partial charge on any atom is -0.372 e. The number of benzene rings is 2. The first-order chi connectivity index (χ1) is 11.5. The Balaban J connectivity index is 2.17. The molecule has 0 amide bonds. The van der Waals surface area contributed by atoms with Gasteiger partial charge >= 0.3 is 0 Å². The quantitative estimate of drug-likeness (QED) is 0.637. The van der Waals surface area contributed by atoms with Gasteiger partial charge in [0.25, 0.3) is 0 Å². The first kappa shape index (κ1) is 18.3. The normalized spacial score (nSPS) is 10.9. The summed E-state index contributed by atoms with van der Waals surface area (Å²) in [6.07, 6.45) is 0.469. The predicted molar refractivity (Wildman–Crippen MR) is 103 cm³/mol.